The molecule has 1 heterocycles. The highest BCUT2D eigenvalue weighted by Crippen LogP contribution is 2.22. The van der Waals surface area contributed by atoms with Crippen LogP contribution in [0.15, 0.2) is 23.2 Å². The number of aryl methyl sites for hydroxylation is 2. The van der Waals surface area contributed by atoms with Gasteiger partial charge in [0.15, 0.2) is 5.96 Å². The molecule has 0 bridgehead atoms. The van der Waals surface area contributed by atoms with Crippen molar-refractivity contribution in [2.75, 3.05) is 26.2 Å². The van der Waals surface area contributed by atoms with Crippen molar-refractivity contribution in [3.05, 3.63) is 29.3 Å². The molecule has 0 spiro atoms. The summed E-state index contributed by atoms with van der Waals surface area (Å²) in [5.41, 5.74) is 2.40. The number of aliphatic imine (C=N–C) groups is 1. The first kappa shape index (κ1) is 13.7. The molecule has 2 N–H and O–H groups in total. The maximum Gasteiger partial charge on any atom is 0.191 e. The molecule has 0 radical (unpaired) electrons. The maximum atomic E-state index is 5.86. The zero-order valence-electron chi connectivity index (χ0n) is 11.8. The predicted octanol–water partition coefficient (Wildman–Crippen LogP) is 2.01. The Kier molecular flexibility index (Phi) is 5.07. The van der Waals surface area contributed by atoms with Gasteiger partial charge in [0.2, 0.25) is 0 Å². The quantitative estimate of drug-likeness (QED) is 0.797. The molecular weight excluding hydrogens is 238 g/mol. The molecule has 0 fully saturated rings. The highest BCUT2D eigenvalue weighted by atomic mass is 16.5. The van der Waals surface area contributed by atoms with Gasteiger partial charge in [-0.25, -0.2) is 0 Å². The van der Waals surface area contributed by atoms with Crippen LogP contribution in [0.3, 0.4) is 0 Å². The highest BCUT2D eigenvalue weighted by Gasteiger charge is 2.04. The topological polar surface area (TPSA) is 45.6 Å². The lowest BCUT2D eigenvalue weighted by Gasteiger charge is -2.16. The van der Waals surface area contributed by atoms with E-state index in [9.17, 15) is 0 Å². The second kappa shape index (κ2) is 7.02. The molecule has 2 rings (SSSR count). The summed E-state index contributed by atoms with van der Waals surface area (Å²) in [7, 11) is 0. The summed E-state index contributed by atoms with van der Waals surface area (Å²) < 4.78 is 5.86. The van der Waals surface area contributed by atoms with Crippen molar-refractivity contribution in [2.24, 2.45) is 4.99 Å². The Labute approximate surface area is 115 Å². The Balaban J connectivity index is 1.68. The van der Waals surface area contributed by atoms with Gasteiger partial charge in [0, 0.05) is 19.6 Å². The molecule has 0 aliphatic carbocycles. The summed E-state index contributed by atoms with van der Waals surface area (Å²) in [5.74, 6) is 1.95. The van der Waals surface area contributed by atoms with Crippen LogP contribution in [0, 0.1) is 13.8 Å². The van der Waals surface area contributed by atoms with Crippen LogP contribution in [0.5, 0.6) is 5.75 Å². The molecule has 0 amide bonds. The van der Waals surface area contributed by atoms with E-state index in [4.69, 9.17) is 4.74 Å². The van der Waals surface area contributed by atoms with Gasteiger partial charge in [0.25, 0.3) is 0 Å². The first-order valence-electron chi connectivity index (χ1n) is 6.98. The van der Waals surface area contributed by atoms with E-state index in [1.54, 1.807) is 0 Å². The molecular formula is C15H23N3O. The smallest absolute Gasteiger partial charge is 0.191 e. The average molecular weight is 261 g/mol. The molecule has 0 saturated carbocycles. The van der Waals surface area contributed by atoms with E-state index in [2.05, 4.69) is 47.7 Å². The van der Waals surface area contributed by atoms with Crippen molar-refractivity contribution in [3.63, 3.8) is 0 Å². The summed E-state index contributed by atoms with van der Waals surface area (Å²) in [6.07, 6.45) is 2.09. The molecule has 4 heteroatoms. The Bertz CT molecular complexity index is 423. The van der Waals surface area contributed by atoms with E-state index in [0.29, 0.717) is 0 Å². The van der Waals surface area contributed by atoms with Gasteiger partial charge < -0.3 is 15.4 Å². The lowest BCUT2D eigenvalue weighted by molar-refractivity contribution is 0.307. The van der Waals surface area contributed by atoms with Crippen molar-refractivity contribution >= 4 is 5.96 Å². The summed E-state index contributed by atoms with van der Waals surface area (Å²) >= 11 is 0. The van der Waals surface area contributed by atoms with Gasteiger partial charge in [-0.3, -0.25) is 4.99 Å². The Hall–Kier alpha value is -1.71. The van der Waals surface area contributed by atoms with Gasteiger partial charge in [0.1, 0.15) is 5.75 Å². The normalized spacial score (nSPS) is 14.5. The number of para-hydroxylation sites is 1. The van der Waals surface area contributed by atoms with E-state index in [1.165, 1.54) is 11.1 Å². The average Bonchev–Trinajstić information content (AvgIpc) is 2.42. The molecule has 1 aromatic rings. The zero-order valence-corrected chi connectivity index (χ0v) is 11.8. The molecule has 0 unspecified atom stereocenters. The van der Waals surface area contributed by atoms with Crippen molar-refractivity contribution in [2.45, 2.75) is 26.7 Å². The second-order valence-corrected chi connectivity index (χ2v) is 4.86. The molecule has 4 nitrogen and oxygen atoms in total. The predicted molar refractivity (Wildman–Crippen MR) is 79.0 cm³/mol. The molecule has 19 heavy (non-hydrogen) atoms. The molecule has 1 aromatic carbocycles. The number of hydrogen-bond acceptors (Lipinski definition) is 4. The third-order valence-corrected chi connectivity index (χ3v) is 3.17. The van der Waals surface area contributed by atoms with Gasteiger partial charge in [0.05, 0.1) is 6.61 Å². The van der Waals surface area contributed by atoms with Crippen LogP contribution in [-0.2, 0) is 0 Å². The molecule has 0 saturated heterocycles. The summed E-state index contributed by atoms with van der Waals surface area (Å²) in [6.45, 7) is 7.73. The van der Waals surface area contributed by atoms with Crippen LogP contribution < -0.4 is 15.4 Å². The maximum absolute atomic E-state index is 5.86. The minimum absolute atomic E-state index is 0.728. The first-order chi connectivity index (χ1) is 9.27. The molecule has 1 aliphatic heterocycles. The van der Waals surface area contributed by atoms with Crippen LogP contribution >= 0.6 is 0 Å². The highest BCUT2D eigenvalue weighted by molar-refractivity contribution is 5.80. The molecule has 1 aliphatic rings. The zero-order chi connectivity index (χ0) is 13.5. The first-order valence-corrected chi connectivity index (χ1v) is 6.98. The third-order valence-electron chi connectivity index (χ3n) is 3.17. The fourth-order valence-corrected chi connectivity index (χ4v) is 2.13. The number of ether oxygens (including phenoxy) is 1. The number of rotatable bonds is 5. The number of benzene rings is 1. The van der Waals surface area contributed by atoms with Crippen LogP contribution in [0.2, 0.25) is 0 Å². The van der Waals surface area contributed by atoms with Crippen molar-refractivity contribution in [3.8, 4) is 5.75 Å². The number of nitrogens with one attached hydrogen (secondary N) is 2. The number of hydrogen-bond donors (Lipinski definition) is 2. The minimum Gasteiger partial charge on any atom is -0.493 e. The van der Waals surface area contributed by atoms with Gasteiger partial charge in [-0.15, -0.1) is 0 Å². The van der Waals surface area contributed by atoms with Crippen LogP contribution in [0.4, 0.5) is 0 Å². The SMILES string of the molecule is Cc1cccc(C)c1OCCCNC1=NCCCN1. The van der Waals surface area contributed by atoms with E-state index < -0.39 is 0 Å². The van der Waals surface area contributed by atoms with Crippen LogP contribution in [0.25, 0.3) is 0 Å². The van der Waals surface area contributed by atoms with E-state index in [1.807, 2.05) is 0 Å². The van der Waals surface area contributed by atoms with Crippen molar-refractivity contribution < 1.29 is 4.74 Å². The van der Waals surface area contributed by atoms with Crippen molar-refractivity contribution in [1.82, 2.24) is 10.6 Å². The Morgan fingerprint density at radius 3 is 2.79 bits per heavy atom. The van der Waals surface area contributed by atoms with Gasteiger partial charge in [-0.2, -0.15) is 0 Å². The Morgan fingerprint density at radius 1 is 1.32 bits per heavy atom. The fraction of sp³-hybridized carbons (Fsp3) is 0.533. The lowest BCUT2D eigenvalue weighted by Crippen LogP contribution is -2.41. The third kappa shape index (κ3) is 4.16. The number of nitrogens with zero attached hydrogens (tertiary/aromatic N) is 1. The summed E-state index contributed by atoms with van der Waals surface area (Å²) in [4.78, 5) is 4.37. The number of guanidine groups is 1. The van der Waals surface area contributed by atoms with E-state index >= 15 is 0 Å². The van der Waals surface area contributed by atoms with Gasteiger partial charge in [-0.1, -0.05) is 18.2 Å². The van der Waals surface area contributed by atoms with Gasteiger partial charge >= 0.3 is 0 Å². The van der Waals surface area contributed by atoms with Crippen LogP contribution in [0.1, 0.15) is 24.0 Å². The second-order valence-electron chi connectivity index (χ2n) is 4.86. The van der Waals surface area contributed by atoms with E-state index in [0.717, 1.165) is 50.8 Å². The summed E-state index contributed by atoms with van der Waals surface area (Å²) in [6, 6.07) is 6.23. The van der Waals surface area contributed by atoms with Gasteiger partial charge in [-0.05, 0) is 37.8 Å². The largest absolute Gasteiger partial charge is 0.493 e. The standard InChI is InChI=1S/C15H23N3O/c1-12-6-3-7-13(2)14(12)19-11-5-10-18-15-16-8-4-9-17-15/h3,6-7H,4-5,8-11H2,1-2H3,(H2,16,17,18). The molecule has 0 aromatic heterocycles. The van der Waals surface area contributed by atoms with Crippen molar-refractivity contribution in [1.29, 1.82) is 0 Å². The fourth-order valence-electron chi connectivity index (χ4n) is 2.13. The monoisotopic (exact) mass is 261 g/mol. The van der Waals surface area contributed by atoms with Crippen LogP contribution in [-0.4, -0.2) is 32.2 Å². The Morgan fingerprint density at radius 2 is 2.11 bits per heavy atom. The van der Waals surface area contributed by atoms with E-state index in [-0.39, 0.29) is 0 Å². The molecule has 104 valence electrons. The minimum atomic E-state index is 0.728. The summed E-state index contributed by atoms with van der Waals surface area (Å²) in [5, 5.41) is 6.54. The lowest BCUT2D eigenvalue weighted by atomic mass is 10.1. The molecule has 0 atom stereocenters.